The van der Waals surface area contributed by atoms with Gasteiger partial charge in [0.25, 0.3) is 0 Å². The smallest absolute Gasteiger partial charge is 0.103 e. The van der Waals surface area contributed by atoms with Crippen LogP contribution in [0.4, 0.5) is 0 Å². The summed E-state index contributed by atoms with van der Waals surface area (Å²) in [5, 5.41) is 2.65. The van der Waals surface area contributed by atoms with E-state index in [0.29, 0.717) is 0 Å². The van der Waals surface area contributed by atoms with E-state index in [-0.39, 0.29) is 12.3 Å². The van der Waals surface area contributed by atoms with Crippen molar-refractivity contribution in [2.75, 3.05) is 0 Å². The zero-order chi connectivity index (χ0) is 11.1. The fourth-order valence-corrected chi connectivity index (χ4v) is 2.58. The van der Waals surface area contributed by atoms with E-state index < -0.39 is 0 Å². The summed E-state index contributed by atoms with van der Waals surface area (Å²) in [5.74, 6) is 0. The van der Waals surface area contributed by atoms with Crippen LogP contribution < -0.4 is 5.73 Å². The van der Waals surface area contributed by atoms with E-state index in [1.807, 2.05) is 6.92 Å². The summed E-state index contributed by atoms with van der Waals surface area (Å²) >= 11 is 0. The standard InChI is InChI=1S/C14H15NO/c1-9(15)16-13-8-11-6-2-4-10-5-3-7-12(13)14(10)11/h2-7,9,13H,8,15H2,1H3. The highest BCUT2D eigenvalue weighted by molar-refractivity contribution is 5.91. The van der Waals surface area contributed by atoms with Crippen molar-refractivity contribution in [2.24, 2.45) is 5.73 Å². The van der Waals surface area contributed by atoms with Gasteiger partial charge in [0.15, 0.2) is 0 Å². The Labute approximate surface area is 95.0 Å². The molecule has 2 N–H and O–H groups in total. The van der Waals surface area contributed by atoms with Crippen LogP contribution in [-0.2, 0) is 11.2 Å². The van der Waals surface area contributed by atoms with Crippen molar-refractivity contribution in [3.8, 4) is 0 Å². The van der Waals surface area contributed by atoms with E-state index in [0.717, 1.165) is 6.42 Å². The molecule has 2 aromatic carbocycles. The molecule has 0 bridgehead atoms. The van der Waals surface area contributed by atoms with E-state index in [4.69, 9.17) is 10.5 Å². The molecule has 0 fully saturated rings. The number of ether oxygens (including phenoxy) is 1. The molecule has 1 aliphatic rings. The van der Waals surface area contributed by atoms with Gasteiger partial charge in [0.05, 0.1) is 6.10 Å². The summed E-state index contributed by atoms with van der Waals surface area (Å²) in [6.45, 7) is 1.88. The SMILES string of the molecule is CC(N)OC1Cc2cccc3cccc1c23. The fourth-order valence-electron chi connectivity index (χ4n) is 2.58. The van der Waals surface area contributed by atoms with Crippen molar-refractivity contribution < 1.29 is 4.74 Å². The van der Waals surface area contributed by atoms with Crippen molar-refractivity contribution in [3.05, 3.63) is 47.5 Å². The summed E-state index contributed by atoms with van der Waals surface area (Å²) < 4.78 is 5.76. The molecule has 2 unspecified atom stereocenters. The molecule has 0 aromatic heterocycles. The molecule has 2 nitrogen and oxygen atoms in total. The quantitative estimate of drug-likeness (QED) is 0.778. The van der Waals surface area contributed by atoms with Crippen molar-refractivity contribution in [1.29, 1.82) is 0 Å². The maximum absolute atomic E-state index is 5.76. The van der Waals surface area contributed by atoms with Crippen molar-refractivity contribution >= 4 is 10.8 Å². The molecule has 0 radical (unpaired) electrons. The zero-order valence-corrected chi connectivity index (χ0v) is 9.31. The van der Waals surface area contributed by atoms with Crippen LogP contribution in [0.25, 0.3) is 10.8 Å². The van der Waals surface area contributed by atoms with Crippen molar-refractivity contribution in [3.63, 3.8) is 0 Å². The Morgan fingerprint density at radius 1 is 1.25 bits per heavy atom. The van der Waals surface area contributed by atoms with Gasteiger partial charge in [-0.25, -0.2) is 0 Å². The molecule has 3 rings (SSSR count). The van der Waals surface area contributed by atoms with Crippen LogP contribution in [0.1, 0.15) is 24.2 Å². The third-order valence-electron chi connectivity index (χ3n) is 3.15. The van der Waals surface area contributed by atoms with Gasteiger partial charge in [0.2, 0.25) is 0 Å². The highest BCUT2D eigenvalue weighted by Gasteiger charge is 2.25. The molecule has 0 saturated heterocycles. The predicted octanol–water partition coefficient (Wildman–Crippen LogP) is 2.76. The van der Waals surface area contributed by atoms with Crippen LogP contribution in [0.3, 0.4) is 0 Å². The number of nitrogens with two attached hydrogens (primary N) is 1. The first kappa shape index (κ1) is 9.82. The third-order valence-corrected chi connectivity index (χ3v) is 3.15. The van der Waals surface area contributed by atoms with Gasteiger partial charge in [-0.15, -0.1) is 0 Å². The largest absolute Gasteiger partial charge is 0.356 e. The van der Waals surface area contributed by atoms with Gasteiger partial charge in [-0.2, -0.15) is 0 Å². The lowest BCUT2D eigenvalue weighted by Gasteiger charge is -2.16. The highest BCUT2D eigenvalue weighted by atomic mass is 16.5. The second-order valence-corrected chi connectivity index (χ2v) is 4.40. The normalized spacial score (nSPS) is 20.2. The maximum Gasteiger partial charge on any atom is 0.103 e. The Kier molecular flexibility index (Phi) is 2.20. The van der Waals surface area contributed by atoms with Crippen molar-refractivity contribution in [2.45, 2.75) is 25.7 Å². The number of hydrogen-bond donors (Lipinski definition) is 1. The summed E-state index contributed by atoms with van der Waals surface area (Å²) in [5.41, 5.74) is 8.37. The molecule has 0 aliphatic heterocycles. The Morgan fingerprint density at radius 3 is 2.75 bits per heavy atom. The minimum Gasteiger partial charge on any atom is -0.356 e. The minimum atomic E-state index is -0.213. The van der Waals surface area contributed by atoms with Gasteiger partial charge in [0, 0.05) is 6.42 Å². The van der Waals surface area contributed by atoms with Gasteiger partial charge >= 0.3 is 0 Å². The van der Waals surface area contributed by atoms with E-state index >= 15 is 0 Å². The van der Waals surface area contributed by atoms with Gasteiger partial charge in [0.1, 0.15) is 6.23 Å². The molecular weight excluding hydrogens is 198 g/mol. The highest BCUT2D eigenvalue weighted by Crippen LogP contribution is 2.38. The first-order valence-corrected chi connectivity index (χ1v) is 5.67. The Bertz CT molecular complexity index is 528. The third kappa shape index (κ3) is 1.42. The van der Waals surface area contributed by atoms with E-state index in [2.05, 4.69) is 36.4 Å². The molecule has 0 heterocycles. The van der Waals surface area contributed by atoms with E-state index in [1.165, 1.54) is 21.9 Å². The maximum atomic E-state index is 5.76. The van der Waals surface area contributed by atoms with Crippen LogP contribution in [0.5, 0.6) is 0 Å². The predicted molar refractivity (Wildman–Crippen MR) is 65.1 cm³/mol. The lowest BCUT2D eigenvalue weighted by molar-refractivity contribution is 0.00388. The van der Waals surface area contributed by atoms with Gasteiger partial charge < -0.3 is 10.5 Å². The molecule has 1 aliphatic carbocycles. The first-order chi connectivity index (χ1) is 7.75. The minimum absolute atomic E-state index is 0.126. The first-order valence-electron chi connectivity index (χ1n) is 5.67. The topological polar surface area (TPSA) is 35.2 Å². The molecule has 0 spiro atoms. The van der Waals surface area contributed by atoms with E-state index in [9.17, 15) is 0 Å². The average molecular weight is 213 g/mol. The second kappa shape index (κ2) is 3.58. The molecule has 0 amide bonds. The van der Waals surface area contributed by atoms with Gasteiger partial charge in [-0.3, -0.25) is 0 Å². The molecular formula is C14H15NO. The summed E-state index contributed by atoms with van der Waals surface area (Å²) in [6.07, 6.45) is 0.855. The Balaban J connectivity index is 2.14. The molecule has 0 saturated carbocycles. The number of rotatable bonds is 2. The monoisotopic (exact) mass is 213 g/mol. The lowest BCUT2D eigenvalue weighted by atomic mass is 10.1. The molecule has 2 atom stereocenters. The Hall–Kier alpha value is -1.38. The molecule has 2 aromatic rings. The van der Waals surface area contributed by atoms with Crippen LogP contribution in [0, 0.1) is 0 Å². The lowest BCUT2D eigenvalue weighted by Crippen LogP contribution is -2.21. The average Bonchev–Trinajstić information content (AvgIpc) is 2.59. The number of hydrogen-bond acceptors (Lipinski definition) is 2. The van der Waals surface area contributed by atoms with Gasteiger partial charge in [-0.05, 0) is 28.8 Å². The van der Waals surface area contributed by atoms with Crippen LogP contribution >= 0.6 is 0 Å². The molecule has 82 valence electrons. The number of benzene rings is 2. The Morgan fingerprint density at radius 2 is 2.00 bits per heavy atom. The summed E-state index contributed by atoms with van der Waals surface area (Å²) in [7, 11) is 0. The van der Waals surface area contributed by atoms with Crippen molar-refractivity contribution in [1.82, 2.24) is 0 Å². The zero-order valence-electron chi connectivity index (χ0n) is 9.31. The second-order valence-electron chi connectivity index (χ2n) is 4.40. The van der Waals surface area contributed by atoms with Crippen LogP contribution in [0.15, 0.2) is 36.4 Å². The van der Waals surface area contributed by atoms with Crippen LogP contribution in [-0.4, -0.2) is 6.23 Å². The summed E-state index contributed by atoms with van der Waals surface area (Å²) in [4.78, 5) is 0. The van der Waals surface area contributed by atoms with Gasteiger partial charge in [-0.1, -0.05) is 36.4 Å². The molecule has 2 heteroatoms. The summed E-state index contributed by atoms with van der Waals surface area (Å²) in [6, 6.07) is 12.8. The van der Waals surface area contributed by atoms with E-state index in [1.54, 1.807) is 0 Å². The molecule has 16 heavy (non-hydrogen) atoms. The fraction of sp³-hybridized carbons (Fsp3) is 0.286. The van der Waals surface area contributed by atoms with Crippen LogP contribution in [0.2, 0.25) is 0 Å².